The predicted octanol–water partition coefficient (Wildman–Crippen LogP) is 2.32. The van der Waals surface area contributed by atoms with Crippen LogP contribution in [0, 0.1) is 17.2 Å². The monoisotopic (exact) mass is 113 g/mol. The van der Waals surface area contributed by atoms with E-state index in [2.05, 4.69) is 20.8 Å². The maximum Gasteiger partial charge on any atom is -0.00168 e. The van der Waals surface area contributed by atoms with Crippen LogP contribution in [-0.2, 0) is 0 Å². The van der Waals surface area contributed by atoms with Gasteiger partial charge in [-0.1, -0.05) is 27.2 Å². The van der Waals surface area contributed by atoms with Crippen molar-refractivity contribution in [3.05, 3.63) is 0 Å². The smallest absolute Gasteiger partial charge is 0.00168 e. The van der Waals surface area contributed by atoms with E-state index in [0.717, 1.165) is 0 Å². The van der Waals surface area contributed by atoms with Crippen molar-refractivity contribution in [1.29, 1.82) is 5.41 Å². The fourth-order valence-corrected chi connectivity index (χ4v) is 0.536. The number of hydrogen-bond acceptors (Lipinski definition) is 1. The molecule has 2 atom stereocenters. The van der Waals surface area contributed by atoms with E-state index in [4.69, 9.17) is 5.41 Å². The van der Waals surface area contributed by atoms with Crippen molar-refractivity contribution in [2.75, 3.05) is 0 Å². The SMILES string of the molecule is CC[C@H](C)C(C)C=N. The van der Waals surface area contributed by atoms with Crippen molar-refractivity contribution in [3.63, 3.8) is 0 Å². The van der Waals surface area contributed by atoms with Crippen LogP contribution in [0.15, 0.2) is 0 Å². The van der Waals surface area contributed by atoms with Gasteiger partial charge in [0.05, 0.1) is 0 Å². The Kier molecular flexibility index (Phi) is 3.49. The molecule has 0 amide bonds. The van der Waals surface area contributed by atoms with Gasteiger partial charge in [-0.2, -0.15) is 0 Å². The van der Waals surface area contributed by atoms with Crippen LogP contribution in [-0.4, -0.2) is 6.21 Å². The van der Waals surface area contributed by atoms with Crippen molar-refractivity contribution >= 4 is 6.21 Å². The highest BCUT2D eigenvalue weighted by Crippen LogP contribution is 2.10. The third kappa shape index (κ3) is 2.10. The lowest BCUT2D eigenvalue weighted by Gasteiger charge is -2.11. The van der Waals surface area contributed by atoms with Gasteiger partial charge >= 0.3 is 0 Å². The molecule has 0 heterocycles. The van der Waals surface area contributed by atoms with E-state index in [1.54, 1.807) is 0 Å². The van der Waals surface area contributed by atoms with Crippen molar-refractivity contribution in [1.82, 2.24) is 0 Å². The quantitative estimate of drug-likeness (QED) is 0.543. The summed E-state index contributed by atoms with van der Waals surface area (Å²) in [4.78, 5) is 0. The van der Waals surface area contributed by atoms with Crippen LogP contribution in [0.25, 0.3) is 0 Å². The van der Waals surface area contributed by atoms with E-state index in [1.807, 2.05) is 0 Å². The fraction of sp³-hybridized carbons (Fsp3) is 0.857. The highest BCUT2D eigenvalue weighted by molar-refractivity contribution is 5.56. The average molecular weight is 113 g/mol. The first-order valence-electron chi connectivity index (χ1n) is 3.23. The lowest BCUT2D eigenvalue weighted by Crippen LogP contribution is -2.06. The summed E-state index contributed by atoms with van der Waals surface area (Å²) >= 11 is 0. The molecular formula is C7H15N. The van der Waals surface area contributed by atoms with Crippen LogP contribution in [0.1, 0.15) is 27.2 Å². The van der Waals surface area contributed by atoms with E-state index >= 15 is 0 Å². The molecule has 0 aromatic rings. The molecule has 0 fully saturated rings. The van der Waals surface area contributed by atoms with Crippen molar-refractivity contribution < 1.29 is 0 Å². The largest absolute Gasteiger partial charge is 0.313 e. The Bertz CT molecular complexity index is 68.8. The van der Waals surface area contributed by atoms with Crippen LogP contribution >= 0.6 is 0 Å². The molecule has 0 rings (SSSR count). The minimum Gasteiger partial charge on any atom is -0.313 e. The van der Waals surface area contributed by atoms with Gasteiger partial charge in [-0.15, -0.1) is 0 Å². The van der Waals surface area contributed by atoms with Crippen molar-refractivity contribution in [2.24, 2.45) is 11.8 Å². The molecule has 48 valence electrons. The second-order valence-electron chi connectivity index (χ2n) is 2.41. The molecule has 1 heteroatoms. The summed E-state index contributed by atoms with van der Waals surface area (Å²) in [6, 6.07) is 0. The maximum absolute atomic E-state index is 6.92. The van der Waals surface area contributed by atoms with Crippen molar-refractivity contribution in [2.45, 2.75) is 27.2 Å². The minimum atomic E-state index is 0.458. The molecular weight excluding hydrogens is 98.1 g/mol. The Morgan fingerprint density at radius 1 is 1.50 bits per heavy atom. The molecule has 0 saturated heterocycles. The van der Waals surface area contributed by atoms with Gasteiger partial charge in [-0.3, -0.25) is 0 Å². The highest BCUT2D eigenvalue weighted by Gasteiger charge is 2.04. The Morgan fingerprint density at radius 3 is 2.12 bits per heavy atom. The number of nitrogens with one attached hydrogen (secondary N) is 1. The molecule has 0 aliphatic heterocycles. The summed E-state index contributed by atoms with van der Waals surface area (Å²) in [6.07, 6.45) is 2.70. The molecule has 0 spiro atoms. The Labute approximate surface area is 51.6 Å². The van der Waals surface area contributed by atoms with E-state index in [-0.39, 0.29) is 0 Å². The molecule has 0 bridgehead atoms. The Morgan fingerprint density at radius 2 is 2.00 bits per heavy atom. The minimum absolute atomic E-state index is 0.458. The third-order valence-corrected chi connectivity index (χ3v) is 1.80. The zero-order valence-corrected chi connectivity index (χ0v) is 5.94. The molecule has 0 aliphatic rings. The van der Waals surface area contributed by atoms with Gasteiger partial charge in [0.1, 0.15) is 0 Å². The zero-order chi connectivity index (χ0) is 6.57. The summed E-state index contributed by atoms with van der Waals surface area (Å²) in [5.41, 5.74) is 0. The second-order valence-corrected chi connectivity index (χ2v) is 2.41. The number of rotatable bonds is 3. The van der Waals surface area contributed by atoms with E-state index < -0.39 is 0 Å². The van der Waals surface area contributed by atoms with Crippen LogP contribution in [0.5, 0.6) is 0 Å². The lowest BCUT2D eigenvalue weighted by molar-refractivity contribution is 0.475. The van der Waals surface area contributed by atoms with Crippen LogP contribution in [0.4, 0.5) is 0 Å². The Hall–Kier alpha value is -0.330. The molecule has 1 N–H and O–H groups in total. The van der Waals surface area contributed by atoms with Crippen LogP contribution < -0.4 is 0 Å². The normalized spacial score (nSPS) is 17.4. The van der Waals surface area contributed by atoms with Crippen molar-refractivity contribution in [3.8, 4) is 0 Å². The van der Waals surface area contributed by atoms with E-state index in [0.29, 0.717) is 11.8 Å². The molecule has 1 unspecified atom stereocenters. The molecule has 0 radical (unpaired) electrons. The molecule has 0 aliphatic carbocycles. The first-order valence-corrected chi connectivity index (χ1v) is 3.23. The average Bonchev–Trinajstić information content (AvgIpc) is 1.84. The summed E-state index contributed by atoms with van der Waals surface area (Å²) < 4.78 is 0. The third-order valence-electron chi connectivity index (χ3n) is 1.80. The lowest BCUT2D eigenvalue weighted by atomic mass is 9.95. The molecule has 0 aromatic carbocycles. The maximum atomic E-state index is 6.92. The van der Waals surface area contributed by atoms with Crippen LogP contribution in [0.3, 0.4) is 0 Å². The summed E-state index contributed by atoms with van der Waals surface area (Å²) in [6.45, 7) is 6.42. The van der Waals surface area contributed by atoms with Crippen LogP contribution in [0.2, 0.25) is 0 Å². The van der Waals surface area contributed by atoms with Gasteiger partial charge in [0.2, 0.25) is 0 Å². The second kappa shape index (κ2) is 3.65. The molecule has 1 nitrogen and oxygen atoms in total. The standard InChI is InChI=1S/C7H15N/c1-4-6(2)7(3)5-8/h5-8H,4H2,1-3H3/t6-,7?/m0/s1. The first-order chi connectivity index (χ1) is 3.72. The summed E-state index contributed by atoms with van der Waals surface area (Å²) in [5.74, 6) is 1.13. The Balaban J connectivity index is 3.44. The molecule has 8 heavy (non-hydrogen) atoms. The highest BCUT2D eigenvalue weighted by atomic mass is 14.3. The summed E-state index contributed by atoms with van der Waals surface area (Å²) in [5, 5.41) is 6.92. The van der Waals surface area contributed by atoms with E-state index in [1.165, 1.54) is 12.6 Å². The first kappa shape index (κ1) is 7.67. The molecule has 0 aromatic heterocycles. The number of hydrogen-bond donors (Lipinski definition) is 1. The van der Waals surface area contributed by atoms with Gasteiger partial charge < -0.3 is 5.41 Å². The van der Waals surface area contributed by atoms with E-state index in [9.17, 15) is 0 Å². The topological polar surface area (TPSA) is 23.9 Å². The predicted molar refractivity (Wildman–Crippen MR) is 37.4 cm³/mol. The van der Waals surface area contributed by atoms with Gasteiger partial charge in [-0.05, 0) is 18.1 Å². The van der Waals surface area contributed by atoms with Gasteiger partial charge in [0.15, 0.2) is 0 Å². The van der Waals surface area contributed by atoms with Gasteiger partial charge in [0, 0.05) is 0 Å². The summed E-state index contributed by atoms with van der Waals surface area (Å²) in [7, 11) is 0. The fourth-order valence-electron chi connectivity index (χ4n) is 0.536. The zero-order valence-electron chi connectivity index (χ0n) is 5.94. The van der Waals surface area contributed by atoms with Gasteiger partial charge in [0.25, 0.3) is 0 Å². The molecule has 0 saturated carbocycles. The van der Waals surface area contributed by atoms with Gasteiger partial charge in [-0.25, -0.2) is 0 Å².